The first-order valence-electron chi connectivity index (χ1n) is 13.7. The van der Waals surface area contributed by atoms with Crippen LogP contribution in [0.1, 0.15) is 33.3 Å². The van der Waals surface area contributed by atoms with Crippen LogP contribution in [0.4, 0.5) is 16.3 Å². The third kappa shape index (κ3) is 5.47. The number of amides is 2. The van der Waals surface area contributed by atoms with E-state index in [0.717, 1.165) is 17.0 Å². The fourth-order valence-electron chi connectivity index (χ4n) is 5.60. The third-order valence-corrected chi connectivity index (χ3v) is 12.8. The van der Waals surface area contributed by atoms with Crippen molar-refractivity contribution in [2.75, 3.05) is 23.5 Å². The number of hydrogen-bond acceptors (Lipinski definition) is 5. The summed E-state index contributed by atoms with van der Waals surface area (Å²) in [5.74, 6) is 1.23. The predicted molar refractivity (Wildman–Crippen MR) is 167 cm³/mol. The highest BCUT2D eigenvalue weighted by Crippen LogP contribution is 2.38. The zero-order valence-electron chi connectivity index (χ0n) is 24.0. The summed E-state index contributed by atoms with van der Waals surface area (Å²) in [6.45, 7) is 9.34. The molecule has 1 aromatic heterocycles. The number of fused-ring (bicyclic) bond motifs is 1. The van der Waals surface area contributed by atoms with Crippen LogP contribution in [0, 0.1) is 0 Å². The number of carbonyl (C=O) groups excluding carboxylic acids is 1. The number of rotatable bonds is 8. The molecule has 41 heavy (non-hydrogen) atoms. The number of anilines is 2. The highest BCUT2D eigenvalue weighted by molar-refractivity contribution is 6.99. The molecule has 0 fully saturated rings. The molecule has 0 saturated heterocycles. The normalized spacial score (nSPS) is 14.5. The molecule has 1 aliphatic heterocycles. The van der Waals surface area contributed by atoms with Crippen LogP contribution in [0.5, 0.6) is 5.75 Å². The Kier molecular flexibility index (Phi) is 8.17. The largest absolute Gasteiger partial charge is 0.497 e. The van der Waals surface area contributed by atoms with Crippen LogP contribution >= 0.6 is 11.6 Å². The smallest absolute Gasteiger partial charge is 0.330 e. The molecule has 1 atom stereocenters. The van der Waals surface area contributed by atoms with Gasteiger partial charge in [0, 0.05) is 17.4 Å². The Labute approximate surface area is 247 Å². The summed E-state index contributed by atoms with van der Waals surface area (Å²) in [4.78, 5) is 26.2. The van der Waals surface area contributed by atoms with Crippen LogP contribution in [0.3, 0.4) is 0 Å². The fraction of sp³-hybridized carbons (Fsp3) is 0.281. The molecule has 4 aromatic rings. The molecule has 0 saturated carbocycles. The van der Waals surface area contributed by atoms with Crippen LogP contribution in [-0.4, -0.2) is 44.1 Å². The quantitative estimate of drug-likeness (QED) is 0.186. The number of nitrogens with zero attached hydrogens (tertiary/aromatic N) is 4. The Hall–Kier alpha value is -3.72. The fourth-order valence-corrected chi connectivity index (χ4v) is 10.4. The van der Waals surface area contributed by atoms with Gasteiger partial charge in [-0.05, 0) is 58.2 Å². The molecule has 9 heteroatoms. The Bertz CT molecular complexity index is 1460. The molecule has 0 bridgehead atoms. The number of urea groups is 1. The van der Waals surface area contributed by atoms with Gasteiger partial charge in [0.2, 0.25) is 5.28 Å². The van der Waals surface area contributed by atoms with Gasteiger partial charge in [-0.25, -0.2) is 9.78 Å². The number of halogens is 1. The monoisotopic (exact) mass is 586 g/mol. The lowest BCUT2D eigenvalue weighted by Gasteiger charge is -2.45. The van der Waals surface area contributed by atoms with Gasteiger partial charge in [0.1, 0.15) is 11.6 Å². The second-order valence-corrected chi connectivity index (χ2v) is 15.9. The van der Waals surface area contributed by atoms with Crippen LogP contribution in [-0.2, 0) is 11.0 Å². The van der Waals surface area contributed by atoms with Gasteiger partial charge in [-0.15, -0.1) is 0 Å². The van der Waals surface area contributed by atoms with E-state index in [4.69, 9.17) is 20.8 Å². The number of carbonyl (C=O) groups is 1. The van der Waals surface area contributed by atoms with E-state index in [-0.39, 0.29) is 22.4 Å². The van der Waals surface area contributed by atoms with Crippen molar-refractivity contribution in [1.29, 1.82) is 0 Å². The molecule has 0 spiro atoms. The van der Waals surface area contributed by atoms with Gasteiger partial charge >= 0.3 is 6.03 Å². The molecule has 7 nitrogen and oxygen atoms in total. The van der Waals surface area contributed by atoms with Crippen molar-refractivity contribution >= 4 is 47.8 Å². The number of hydrogen-bond donors (Lipinski definition) is 0. The molecular formula is C32H35ClN4O3Si. The maximum atomic E-state index is 14.1. The first-order chi connectivity index (χ1) is 19.7. The second-order valence-electron chi connectivity index (χ2n) is 11.2. The van der Waals surface area contributed by atoms with Crippen molar-refractivity contribution in [3.05, 3.63) is 102 Å². The highest BCUT2D eigenvalue weighted by Gasteiger charge is 2.50. The summed E-state index contributed by atoms with van der Waals surface area (Å²) in [7, 11) is -1.20. The zero-order valence-corrected chi connectivity index (χ0v) is 25.8. The van der Waals surface area contributed by atoms with Crippen LogP contribution < -0.4 is 24.9 Å². The van der Waals surface area contributed by atoms with E-state index < -0.39 is 8.32 Å². The van der Waals surface area contributed by atoms with Gasteiger partial charge in [-0.2, -0.15) is 4.98 Å². The summed E-state index contributed by atoms with van der Waals surface area (Å²) in [5.41, 5.74) is 1.56. The minimum atomic E-state index is -2.82. The van der Waals surface area contributed by atoms with E-state index in [1.54, 1.807) is 23.1 Å². The second kappa shape index (κ2) is 11.6. The van der Waals surface area contributed by atoms with E-state index in [9.17, 15) is 4.79 Å². The van der Waals surface area contributed by atoms with Crippen LogP contribution in [0.25, 0.3) is 0 Å². The highest BCUT2D eigenvalue weighted by atomic mass is 35.5. The SMILES string of the molecule is COc1ccc(N2Cc3cnc(Cl)nc3N(C(C)CO[Si](c3ccccc3)(c3ccccc3)C(C)(C)C)C2=O)cc1. The summed E-state index contributed by atoms with van der Waals surface area (Å²) in [6.07, 6.45) is 1.69. The first kappa shape index (κ1) is 28.8. The molecule has 1 aliphatic rings. The minimum Gasteiger partial charge on any atom is -0.497 e. The van der Waals surface area contributed by atoms with Crippen LogP contribution in [0.2, 0.25) is 10.3 Å². The lowest BCUT2D eigenvalue weighted by molar-refractivity contribution is 0.237. The Morgan fingerprint density at radius 2 is 1.54 bits per heavy atom. The van der Waals surface area contributed by atoms with Gasteiger partial charge in [0.05, 0.1) is 26.3 Å². The summed E-state index contributed by atoms with van der Waals surface area (Å²) < 4.78 is 12.5. The summed E-state index contributed by atoms with van der Waals surface area (Å²) >= 11 is 6.24. The van der Waals surface area contributed by atoms with Gasteiger partial charge < -0.3 is 9.16 Å². The van der Waals surface area contributed by atoms with Crippen molar-refractivity contribution in [3.63, 3.8) is 0 Å². The van der Waals surface area contributed by atoms with E-state index in [2.05, 4.69) is 79.3 Å². The summed E-state index contributed by atoms with van der Waals surface area (Å²) in [5, 5.41) is 2.27. The van der Waals surface area contributed by atoms with Gasteiger partial charge in [-0.1, -0.05) is 81.4 Å². The molecule has 0 aliphatic carbocycles. The first-order valence-corrected chi connectivity index (χ1v) is 16.0. The minimum absolute atomic E-state index is 0.0968. The van der Waals surface area contributed by atoms with E-state index in [1.807, 2.05) is 43.3 Å². The van der Waals surface area contributed by atoms with E-state index >= 15 is 0 Å². The molecule has 0 N–H and O–H groups in total. The zero-order chi connectivity index (χ0) is 29.2. The van der Waals surface area contributed by atoms with Crippen molar-refractivity contribution in [1.82, 2.24) is 9.97 Å². The molecule has 2 amide bonds. The molecule has 0 radical (unpaired) electrons. The Morgan fingerprint density at radius 1 is 0.951 bits per heavy atom. The molecule has 1 unspecified atom stereocenters. The third-order valence-electron chi connectivity index (χ3n) is 7.59. The van der Waals surface area contributed by atoms with Crippen molar-refractivity contribution in [2.45, 2.75) is 45.3 Å². The number of benzene rings is 3. The maximum Gasteiger partial charge on any atom is 0.330 e. The average Bonchev–Trinajstić information content (AvgIpc) is 2.97. The van der Waals surface area contributed by atoms with Crippen molar-refractivity contribution < 1.29 is 14.0 Å². The Morgan fingerprint density at radius 3 is 2.07 bits per heavy atom. The molecule has 3 aromatic carbocycles. The van der Waals surface area contributed by atoms with Crippen LogP contribution in [0.15, 0.2) is 91.1 Å². The van der Waals surface area contributed by atoms with Gasteiger partial charge in [0.15, 0.2) is 0 Å². The summed E-state index contributed by atoms with van der Waals surface area (Å²) in [6, 6.07) is 27.8. The molecule has 5 rings (SSSR count). The lowest BCUT2D eigenvalue weighted by Crippen LogP contribution is -2.67. The van der Waals surface area contributed by atoms with Gasteiger partial charge in [0.25, 0.3) is 8.32 Å². The predicted octanol–water partition coefficient (Wildman–Crippen LogP) is 6.05. The molecule has 2 heterocycles. The Balaban J connectivity index is 1.54. The number of aromatic nitrogens is 2. The molecule has 212 valence electrons. The number of ether oxygens (including phenoxy) is 1. The molecular weight excluding hydrogens is 552 g/mol. The standard InChI is InChI=1S/C32H35ClN4O3Si/c1-23(22-40-41(32(2,3)4,27-12-8-6-9-13-27)28-14-10-7-11-15-28)37-29-24(20-34-30(33)35-29)21-36(31(37)38)25-16-18-26(39-5)19-17-25/h6-20,23H,21-22H2,1-5H3. The number of methoxy groups -OCH3 is 1. The lowest BCUT2D eigenvalue weighted by atomic mass is 10.1. The van der Waals surface area contributed by atoms with Crippen molar-refractivity contribution in [2.24, 2.45) is 0 Å². The average molecular weight is 587 g/mol. The van der Waals surface area contributed by atoms with Crippen molar-refractivity contribution in [3.8, 4) is 5.75 Å². The van der Waals surface area contributed by atoms with Gasteiger partial charge in [-0.3, -0.25) is 9.80 Å². The topological polar surface area (TPSA) is 67.8 Å². The van der Waals surface area contributed by atoms with E-state index in [0.29, 0.717) is 19.0 Å². The van der Waals surface area contributed by atoms with E-state index in [1.165, 1.54) is 10.4 Å². The maximum absolute atomic E-state index is 14.1.